The zero-order chi connectivity index (χ0) is 17.6. The Labute approximate surface area is 149 Å². The molecule has 3 rings (SSSR count). The Balaban J connectivity index is 1.45. The van der Waals surface area contributed by atoms with E-state index in [-0.39, 0.29) is 19.1 Å². The van der Waals surface area contributed by atoms with Crippen molar-refractivity contribution in [2.75, 3.05) is 6.61 Å². The minimum absolute atomic E-state index is 0.0626. The minimum Gasteiger partial charge on any atom is -0.484 e. The van der Waals surface area contributed by atoms with Crippen molar-refractivity contribution in [2.24, 2.45) is 0 Å². The molecule has 7 heteroatoms. The lowest BCUT2D eigenvalue weighted by atomic mass is 10.0. The van der Waals surface area contributed by atoms with Gasteiger partial charge in [-0.3, -0.25) is 4.79 Å². The van der Waals surface area contributed by atoms with Gasteiger partial charge in [0.1, 0.15) is 5.75 Å². The van der Waals surface area contributed by atoms with Crippen LogP contribution in [-0.4, -0.2) is 22.7 Å². The standard InChI is InChI=1S/C18H19N3O3S/c1-12(2)13-5-7-14(8-6-13)23-11-16(22)19-10-17-20-18(21-24-17)15-4-3-9-25-15/h3-9,12H,10-11H2,1-2H3,(H,19,22). The van der Waals surface area contributed by atoms with Gasteiger partial charge in [0, 0.05) is 0 Å². The van der Waals surface area contributed by atoms with Crippen LogP contribution in [0, 0.1) is 0 Å². The molecule has 0 bridgehead atoms. The Kier molecular flexibility index (Phi) is 5.45. The minimum atomic E-state index is -0.246. The van der Waals surface area contributed by atoms with Crippen LogP contribution >= 0.6 is 11.3 Å². The fourth-order valence-electron chi connectivity index (χ4n) is 2.16. The van der Waals surface area contributed by atoms with Crippen molar-refractivity contribution >= 4 is 17.2 Å². The first kappa shape index (κ1) is 17.2. The molecule has 2 aromatic heterocycles. The molecule has 1 aromatic carbocycles. The van der Waals surface area contributed by atoms with E-state index in [0.717, 1.165) is 4.88 Å². The molecule has 0 atom stereocenters. The van der Waals surface area contributed by atoms with Crippen LogP contribution in [0.4, 0.5) is 0 Å². The van der Waals surface area contributed by atoms with Crippen LogP contribution in [0.3, 0.4) is 0 Å². The van der Waals surface area contributed by atoms with Gasteiger partial charge in [0.05, 0.1) is 11.4 Å². The summed E-state index contributed by atoms with van der Waals surface area (Å²) in [6.07, 6.45) is 0. The lowest BCUT2D eigenvalue weighted by Gasteiger charge is -2.08. The zero-order valence-corrected chi connectivity index (χ0v) is 14.9. The SMILES string of the molecule is CC(C)c1ccc(OCC(=O)NCc2nc(-c3cccs3)no2)cc1. The Bertz CT molecular complexity index is 810. The van der Waals surface area contributed by atoms with Gasteiger partial charge in [-0.15, -0.1) is 11.3 Å². The van der Waals surface area contributed by atoms with Crippen LogP contribution in [0.5, 0.6) is 5.75 Å². The largest absolute Gasteiger partial charge is 0.484 e. The van der Waals surface area contributed by atoms with Gasteiger partial charge in [-0.2, -0.15) is 4.98 Å². The number of rotatable bonds is 7. The van der Waals surface area contributed by atoms with E-state index in [1.165, 1.54) is 16.9 Å². The van der Waals surface area contributed by atoms with Gasteiger partial charge in [-0.25, -0.2) is 0 Å². The summed E-state index contributed by atoms with van der Waals surface area (Å²) in [5.41, 5.74) is 1.23. The Morgan fingerprint density at radius 3 is 2.76 bits per heavy atom. The molecule has 3 aromatic rings. The summed E-state index contributed by atoms with van der Waals surface area (Å²) in [7, 11) is 0. The smallest absolute Gasteiger partial charge is 0.258 e. The molecule has 25 heavy (non-hydrogen) atoms. The summed E-state index contributed by atoms with van der Waals surface area (Å²) in [5.74, 6) is 1.77. The van der Waals surface area contributed by atoms with E-state index in [4.69, 9.17) is 9.26 Å². The van der Waals surface area contributed by atoms with Crippen molar-refractivity contribution in [3.05, 3.63) is 53.2 Å². The van der Waals surface area contributed by atoms with Crippen molar-refractivity contribution in [1.29, 1.82) is 0 Å². The Morgan fingerprint density at radius 2 is 2.08 bits per heavy atom. The first-order chi connectivity index (χ1) is 12.1. The monoisotopic (exact) mass is 357 g/mol. The summed E-state index contributed by atoms with van der Waals surface area (Å²) in [4.78, 5) is 17.0. The maximum atomic E-state index is 11.9. The average Bonchev–Trinajstić information content (AvgIpc) is 3.29. The lowest BCUT2D eigenvalue weighted by Crippen LogP contribution is -2.28. The second kappa shape index (κ2) is 7.94. The number of carbonyl (C=O) groups excluding carboxylic acids is 1. The molecule has 1 amide bonds. The highest BCUT2D eigenvalue weighted by Crippen LogP contribution is 2.21. The van der Waals surface area contributed by atoms with Gasteiger partial charge in [-0.1, -0.05) is 37.2 Å². The molecule has 6 nitrogen and oxygen atoms in total. The first-order valence-electron chi connectivity index (χ1n) is 7.98. The van der Waals surface area contributed by atoms with E-state index < -0.39 is 0 Å². The number of benzene rings is 1. The second-order valence-corrected chi connectivity index (χ2v) is 6.73. The van der Waals surface area contributed by atoms with Crippen molar-refractivity contribution in [2.45, 2.75) is 26.3 Å². The molecule has 130 valence electrons. The van der Waals surface area contributed by atoms with E-state index in [1.54, 1.807) is 0 Å². The molecule has 0 aliphatic rings. The van der Waals surface area contributed by atoms with E-state index in [0.29, 0.717) is 23.4 Å². The van der Waals surface area contributed by atoms with E-state index >= 15 is 0 Å². The number of hydrogen-bond acceptors (Lipinski definition) is 6. The molecule has 2 heterocycles. The number of nitrogens with zero attached hydrogens (tertiary/aromatic N) is 2. The number of hydrogen-bond donors (Lipinski definition) is 1. The highest BCUT2D eigenvalue weighted by atomic mass is 32.1. The van der Waals surface area contributed by atoms with Crippen molar-refractivity contribution < 1.29 is 14.1 Å². The zero-order valence-electron chi connectivity index (χ0n) is 14.1. The Morgan fingerprint density at radius 1 is 1.28 bits per heavy atom. The third kappa shape index (κ3) is 4.67. The number of thiophene rings is 1. The normalized spacial score (nSPS) is 10.8. The predicted molar refractivity (Wildman–Crippen MR) is 95.5 cm³/mol. The summed E-state index contributed by atoms with van der Waals surface area (Å²) < 4.78 is 10.6. The third-order valence-electron chi connectivity index (χ3n) is 3.56. The fraction of sp³-hybridized carbons (Fsp3) is 0.278. The average molecular weight is 357 g/mol. The van der Waals surface area contributed by atoms with Crippen LogP contribution in [0.25, 0.3) is 10.7 Å². The van der Waals surface area contributed by atoms with Crippen molar-refractivity contribution in [3.8, 4) is 16.5 Å². The van der Waals surface area contributed by atoms with E-state index in [9.17, 15) is 4.79 Å². The number of nitrogens with one attached hydrogen (secondary N) is 1. The van der Waals surface area contributed by atoms with Gasteiger partial charge in [0.15, 0.2) is 6.61 Å². The molecular formula is C18H19N3O3S. The van der Waals surface area contributed by atoms with Gasteiger partial charge in [0.25, 0.3) is 5.91 Å². The first-order valence-corrected chi connectivity index (χ1v) is 8.85. The maximum Gasteiger partial charge on any atom is 0.258 e. The molecule has 0 radical (unpaired) electrons. The van der Waals surface area contributed by atoms with Gasteiger partial charge >= 0.3 is 0 Å². The van der Waals surface area contributed by atoms with Crippen LogP contribution < -0.4 is 10.1 Å². The highest BCUT2D eigenvalue weighted by molar-refractivity contribution is 7.13. The Hall–Kier alpha value is -2.67. The molecule has 0 aliphatic carbocycles. The topological polar surface area (TPSA) is 77.2 Å². The van der Waals surface area contributed by atoms with Gasteiger partial charge in [0.2, 0.25) is 11.7 Å². The number of aromatic nitrogens is 2. The van der Waals surface area contributed by atoms with Crippen LogP contribution in [0.15, 0.2) is 46.3 Å². The third-order valence-corrected chi connectivity index (χ3v) is 4.43. The molecule has 1 N–H and O–H groups in total. The van der Waals surface area contributed by atoms with E-state index in [1.807, 2.05) is 41.8 Å². The maximum absolute atomic E-state index is 11.9. The molecule has 0 aliphatic heterocycles. The summed E-state index contributed by atoms with van der Waals surface area (Å²) in [6.45, 7) is 4.37. The van der Waals surface area contributed by atoms with Gasteiger partial charge < -0.3 is 14.6 Å². The summed E-state index contributed by atoms with van der Waals surface area (Å²) in [5, 5.41) is 8.54. The van der Waals surface area contributed by atoms with Gasteiger partial charge in [-0.05, 0) is 35.1 Å². The molecule has 0 spiro atoms. The molecule has 0 saturated carbocycles. The summed E-state index contributed by atoms with van der Waals surface area (Å²) in [6, 6.07) is 11.6. The summed E-state index contributed by atoms with van der Waals surface area (Å²) >= 11 is 1.53. The van der Waals surface area contributed by atoms with Crippen LogP contribution in [0.2, 0.25) is 0 Å². The number of carbonyl (C=O) groups is 1. The number of amides is 1. The quantitative estimate of drug-likeness (QED) is 0.699. The predicted octanol–water partition coefficient (Wildman–Crippen LogP) is 3.62. The van der Waals surface area contributed by atoms with Crippen LogP contribution in [-0.2, 0) is 11.3 Å². The molecular weight excluding hydrogens is 338 g/mol. The fourth-order valence-corrected chi connectivity index (χ4v) is 2.80. The van der Waals surface area contributed by atoms with Crippen molar-refractivity contribution in [1.82, 2.24) is 15.5 Å². The molecule has 0 saturated heterocycles. The van der Waals surface area contributed by atoms with E-state index in [2.05, 4.69) is 29.3 Å². The molecule has 0 fully saturated rings. The van der Waals surface area contributed by atoms with Crippen LogP contribution in [0.1, 0.15) is 31.2 Å². The number of ether oxygens (including phenoxy) is 1. The highest BCUT2D eigenvalue weighted by Gasteiger charge is 2.11. The van der Waals surface area contributed by atoms with Crippen molar-refractivity contribution in [3.63, 3.8) is 0 Å². The second-order valence-electron chi connectivity index (χ2n) is 5.78. The molecule has 0 unspecified atom stereocenters. The lowest BCUT2D eigenvalue weighted by molar-refractivity contribution is -0.123.